The second-order valence-corrected chi connectivity index (χ2v) is 7.81. The number of hydrogen-bond donors (Lipinski definition) is 1. The molecule has 2 heterocycles. The Morgan fingerprint density at radius 1 is 0.971 bits per heavy atom. The molecule has 1 saturated heterocycles. The number of carbonyl (C=O) groups excluding carboxylic acids is 1. The van der Waals surface area contributed by atoms with Crippen molar-refractivity contribution in [2.75, 3.05) is 18.4 Å². The van der Waals surface area contributed by atoms with Gasteiger partial charge in [0.25, 0.3) is 0 Å². The highest BCUT2D eigenvalue weighted by Gasteiger charge is 2.32. The van der Waals surface area contributed by atoms with Crippen molar-refractivity contribution in [1.82, 2.24) is 15.1 Å². The van der Waals surface area contributed by atoms with Crippen LogP contribution >= 0.6 is 0 Å². The van der Waals surface area contributed by atoms with Gasteiger partial charge in [0.1, 0.15) is 0 Å². The molecule has 1 N–H and O–H groups in total. The number of piperidine rings is 1. The van der Waals surface area contributed by atoms with E-state index in [0.29, 0.717) is 24.9 Å². The molecule has 1 atom stereocenters. The molecular formula is C22H18F6N4O2. The Balaban J connectivity index is 1.42. The summed E-state index contributed by atoms with van der Waals surface area (Å²) in [6.07, 6.45) is -7.76. The van der Waals surface area contributed by atoms with E-state index in [9.17, 15) is 31.1 Å². The van der Waals surface area contributed by atoms with E-state index in [1.807, 2.05) is 0 Å². The van der Waals surface area contributed by atoms with Crippen molar-refractivity contribution < 1.29 is 35.6 Å². The van der Waals surface area contributed by atoms with Gasteiger partial charge in [-0.25, -0.2) is 4.79 Å². The molecule has 1 aliphatic rings. The van der Waals surface area contributed by atoms with Crippen LogP contribution in [0.25, 0.3) is 11.5 Å². The van der Waals surface area contributed by atoms with Crippen LogP contribution < -0.4 is 5.32 Å². The van der Waals surface area contributed by atoms with Gasteiger partial charge >= 0.3 is 18.4 Å². The lowest BCUT2D eigenvalue weighted by atomic mass is 9.98. The Morgan fingerprint density at radius 3 is 2.35 bits per heavy atom. The molecule has 6 nitrogen and oxygen atoms in total. The van der Waals surface area contributed by atoms with Crippen molar-refractivity contribution in [3.05, 3.63) is 65.5 Å². The molecule has 4 rings (SSSR count). The number of benzene rings is 2. The van der Waals surface area contributed by atoms with Gasteiger partial charge in [0.05, 0.1) is 17.0 Å². The van der Waals surface area contributed by atoms with Gasteiger partial charge in [-0.3, -0.25) is 0 Å². The molecule has 180 valence electrons. The summed E-state index contributed by atoms with van der Waals surface area (Å²) in [6.45, 7) is 0.584. The van der Waals surface area contributed by atoms with Gasteiger partial charge in [-0.1, -0.05) is 6.07 Å². The minimum atomic E-state index is -4.53. The lowest BCUT2D eigenvalue weighted by Gasteiger charge is -2.31. The third kappa shape index (κ3) is 5.32. The number of nitrogens with zero attached hydrogens (tertiary/aromatic N) is 3. The van der Waals surface area contributed by atoms with E-state index in [0.717, 1.165) is 24.3 Å². The number of hydrogen-bond acceptors (Lipinski definition) is 4. The van der Waals surface area contributed by atoms with E-state index in [4.69, 9.17) is 4.42 Å². The largest absolute Gasteiger partial charge is 0.420 e. The zero-order valence-electron chi connectivity index (χ0n) is 17.5. The summed E-state index contributed by atoms with van der Waals surface area (Å²) >= 11 is 0. The number of likely N-dealkylation sites (tertiary alicyclic amines) is 1. The van der Waals surface area contributed by atoms with Gasteiger partial charge in [-0.05, 0) is 55.3 Å². The van der Waals surface area contributed by atoms with Crippen LogP contribution in [0.4, 0.5) is 36.8 Å². The van der Waals surface area contributed by atoms with Crippen LogP contribution in [0.3, 0.4) is 0 Å². The summed E-state index contributed by atoms with van der Waals surface area (Å²) in [7, 11) is 0. The minimum Gasteiger partial charge on any atom is -0.420 e. The molecule has 2 amide bonds. The first-order chi connectivity index (χ1) is 16.0. The number of aromatic nitrogens is 2. The van der Waals surface area contributed by atoms with Crippen molar-refractivity contribution in [3.8, 4) is 11.5 Å². The normalized spacial score (nSPS) is 17.0. The molecular weight excluding hydrogens is 466 g/mol. The van der Waals surface area contributed by atoms with Crippen LogP contribution in [0.15, 0.2) is 52.9 Å². The van der Waals surface area contributed by atoms with Crippen LogP contribution in [-0.2, 0) is 12.4 Å². The quantitative estimate of drug-likeness (QED) is 0.451. The molecule has 1 aromatic heterocycles. The molecule has 1 aliphatic heterocycles. The maximum Gasteiger partial charge on any atom is 0.416 e. The van der Waals surface area contributed by atoms with Gasteiger partial charge < -0.3 is 14.6 Å². The first-order valence-electron chi connectivity index (χ1n) is 10.2. The van der Waals surface area contributed by atoms with Crippen molar-refractivity contribution in [1.29, 1.82) is 0 Å². The zero-order chi connectivity index (χ0) is 24.5. The van der Waals surface area contributed by atoms with Gasteiger partial charge in [0.15, 0.2) is 0 Å². The molecule has 3 aromatic rings. The van der Waals surface area contributed by atoms with Crippen molar-refractivity contribution in [2.24, 2.45) is 0 Å². The number of rotatable bonds is 3. The van der Waals surface area contributed by atoms with E-state index in [1.54, 1.807) is 0 Å². The molecule has 12 heteroatoms. The summed E-state index contributed by atoms with van der Waals surface area (Å²) in [5, 5.41) is 10.4. The van der Waals surface area contributed by atoms with Crippen LogP contribution in [0.5, 0.6) is 0 Å². The SMILES string of the molecule is O=C(Nc1cccc(C(F)(F)F)c1)N1CCCC(c2nnc(-c3ccc(C(F)(F)F)cc3)o2)C1. The van der Waals surface area contributed by atoms with Crippen LogP contribution in [0, 0.1) is 0 Å². The monoisotopic (exact) mass is 484 g/mol. The van der Waals surface area contributed by atoms with E-state index in [1.165, 1.54) is 29.2 Å². The van der Waals surface area contributed by atoms with E-state index >= 15 is 0 Å². The maximum atomic E-state index is 12.9. The summed E-state index contributed by atoms with van der Waals surface area (Å²) < 4.78 is 82.6. The lowest BCUT2D eigenvalue weighted by molar-refractivity contribution is -0.138. The van der Waals surface area contributed by atoms with Crippen LogP contribution in [0.2, 0.25) is 0 Å². The second-order valence-electron chi connectivity index (χ2n) is 7.81. The Hall–Kier alpha value is -3.57. The summed E-state index contributed by atoms with van der Waals surface area (Å²) in [4.78, 5) is 14.1. The number of alkyl halides is 6. The Labute approximate surface area is 189 Å². The summed E-state index contributed by atoms with van der Waals surface area (Å²) in [6, 6.07) is 8.07. The molecule has 0 radical (unpaired) electrons. The number of urea groups is 1. The van der Waals surface area contributed by atoms with Crippen LogP contribution in [0.1, 0.15) is 35.8 Å². The van der Waals surface area contributed by atoms with E-state index in [2.05, 4.69) is 15.5 Å². The predicted octanol–water partition coefficient (Wildman–Crippen LogP) is 6.19. The molecule has 1 unspecified atom stereocenters. The van der Waals surface area contributed by atoms with Gasteiger partial charge in [-0.2, -0.15) is 26.3 Å². The van der Waals surface area contributed by atoms with Gasteiger partial charge in [-0.15, -0.1) is 10.2 Å². The molecule has 0 bridgehead atoms. The smallest absolute Gasteiger partial charge is 0.416 e. The number of amides is 2. The van der Waals surface area contributed by atoms with Gasteiger partial charge in [0, 0.05) is 24.3 Å². The molecule has 0 saturated carbocycles. The number of anilines is 1. The molecule has 0 aliphatic carbocycles. The molecule has 34 heavy (non-hydrogen) atoms. The van der Waals surface area contributed by atoms with Crippen LogP contribution in [-0.4, -0.2) is 34.2 Å². The standard InChI is InChI=1S/C22H18F6N4O2/c23-21(24,25)15-8-6-13(7-9-15)18-30-31-19(34-18)14-3-2-10-32(12-14)20(33)29-17-5-1-4-16(11-17)22(26,27)28/h1,4-9,11,14H,2-3,10,12H2,(H,29,33). The molecule has 1 fully saturated rings. The third-order valence-electron chi connectivity index (χ3n) is 5.40. The summed E-state index contributed by atoms with van der Waals surface area (Å²) in [5.41, 5.74) is -1.33. The maximum absolute atomic E-state index is 12.9. The number of halogens is 6. The average molecular weight is 484 g/mol. The van der Waals surface area contributed by atoms with Crippen molar-refractivity contribution in [2.45, 2.75) is 31.1 Å². The lowest BCUT2D eigenvalue weighted by Crippen LogP contribution is -2.41. The summed E-state index contributed by atoms with van der Waals surface area (Å²) in [5.74, 6) is -0.0440. The fourth-order valence-corrected chi connectivity index (χ4v) is 3.66. The zero-order valence-corrected chi connectivity index (χ0v) is 17.5. The van der Waals surface area contributed by atoms with Crippen molar-refractivity contribution >= 4 is 11.7 Å². The number of nitrogens with one attached hydrogen (secondary N) is 1. The van der Waals surface area contributed by atoms with Crippen molar-refractivity contribution in [3.63, 3.8) is 0 Å². The highest BCUT2D eigenvalue weighted by molar-refractivity contribution is 5.89. The van der Waals surface area contributed by atoms with E-state index in [-0.39, 0.29) is 29.9 Å². The Morgan fingerprint density at radius 2 is 1.68 bits per heavy atom. The third-order valence-corrected chi connectivity index (χ3v) is 5.40. The molecule has 0 spiro atoms. The fourth-order valence-electron chi connectivity index (χ4n) is 3.66. The topological polar surface area (TPSA) is 71.3 Å². The predicted molar refractivity (Wildman–Crippen MR) is 109 cm³/mol. The van der Waals surface area contributed by atoms with E-state index < -0.39 is 29.5 Å². The first-order valence-corrected chi connectivity index (χ1v) is 10.2. The second kappa shape index (κ2) is 8.99. The average Bonchev–Trinajstić information content (AvgIpc) is 3.29. The first kappa shape index (κ1) is 23.6. The minimum absolute atomic E-state index is 0.0179. The highest BCUT2D eigenvalue weighted by Crippen LogP contribution is 2.33. The number of carbonyl (C=O) groups is 1. The van der Waals surface area contributed by atoms with Gasteiger partial charge in [0.2, 0.25) is 11.8 Å². The Kier molecular flexibility index (Phi) is 6.24. The fraction of sp³-hybridized carbons (Fsp3) is 0.318. The Bertz CT molecular complexity index is 1160. The highest BCUT2D eigenvalue weighted by atomic mass is 19.4. The molecule has 2 aromatic carbocycles.